The maximum absolute atomic E-state index is 15.0. The van der Waals surface area contributed by atoms with Gasteiger partial charge in [-0.15, -0.1) is 0 Å². The standard InChI is InChI=1S/C37H9Br14F3N4/c38-10-1-7(52)2-11(39)16(10)19-30-22(44)24(46)32(55-30)20(17-12(40)3-8(53)4-13(17)41)34-26(48)28(50)36(57-34)37-29(51)27(49)35(58-37)21(33-25(47)23(45)31(19)56-33)18-14(42)5-9(54)6-15(18)43/h1-6,55-57H. The van der Waals surface area contributed by atoms with Crippen molar-refractivity contribution in [3.8, 4) is 33.4 Å². The molecule has 4 aromatic heterocycles. The largest absolute Gasteiger partial charge is 0.352 e. The summed E-state index contributed by atoms with van der Waals surface area (Å²) < 4.78 is 52.5. The molecule has 0 unspecified atom stereocenters. The van der Waals surface area contributed by atoms with Crippen LogP contribution >= 0.6 is 223 Å². The van der Waals surface area contributed by atoms with Crippen molar-refractivity contribution in [2.45, 2.75) is 0 Å². The first-order valence-electron chi connectivity index (χ1n) is 15.6. The molecule has 0 fully saturated rings. The van der Waals surface area contributed by atoms with Gasteiger partial charge in [0.1, 0.15) is 23.1 Å². The number of nitrogens with one attached hydrogen (secondary N) is 3. The summed E-state index contributed by atoms with van der Waals surface area (Å²) >= 11 is 52.9. The maximum atomic E-state index is 15.0. The molecule has 0 amide bonds. The Morgan fingerprint density at radius 3 is 0.879 bits per heavy atom. The number of H-pyrrole nitrogens is 3. The predicted octanol–water partition coefficient (Wildman–Crippen LogP) is 20.7. The second kappa shape index (κ2) is 17.4. The summed E-state index contributed by atoms with van der Waals surface area (Å²) in [6.45, 7) is 0. The minimum Gasteiger partial charge on any atom is -0.352 e. The normalized spacial score (nSPS) is 12.5. The summed E-state index contributed by atoms with van der Waals surface area (Å²) in [5.74, 6) is -1.37. The molecule has 0 radical (unpaired) electrons. The summed E-state index contributed by atoms with van der Waals surface area (Å²) in [4.78, 5) is 16.2. The molecule has 8 rings (SSSR count). The van der Waals surface area contributed by atoms with E-state index in [9.17, 15) is 8.78 Å². The molecule has 7 aromatic rings. The lowest BCUT2D eigenvalue weighted by atomic mass is 10.0. The average molecular weight is 1690 g/mol. The van der Waals surface area contributed by atoms with Gasteiger partial charge in [-0.25, -0.2) is 18.2 Å². The van der Waals surface area contributed by atoms with Gasteiger partial charge < -0.3 is 15.0 Å². The van der Waals surface area contributed by atoms with Crippen molar-refractivity contribution in [1.29, 1.82) is 0 Å². The molecule has 0 saturated carbocycles. The van der Waals surface area contributed by atoms with Crippen molar-refractivity contribution < 1.29 is 13.2 Å². The van der Waals surface area contributed by atoms with E-state index in [0.717, 1.165) is 0 Å². The third kappa shape index (κ3) is 7.61. The molecule has 1 aliphatic heterocycles. The lowest BCUT2D eigenvalue weighted by Crippen LogP contribution is -1.92. The zero-order valence-corrected chi connectivity index (χ0v) is 49.5. The number of aromatic nitrogens is 4. The molecule has 296 valence electrons. The van der Waals surface area contributed by atoms with Crippen LogP contribution in [0.4, 0.5) is 13.2 Å². The number of hydrogen-bond acceptors (Lipinski definition) is 1. The number of fused-ring (bicyclic) bond motifs is 9. The Balaban J connectivity index is 1.78. The van der Waals surface area contributed by atoms with Crippen molar-refractivity contribution >= 4 is 265 Å². The number of rotatable bonds is 3. The first kappa shape index (κ1) is 45.5. The van der Waals surface area contributed by atoms with Gasteiger partial charge >= 0.3 is 0 Å². The summed E-state index contributed by atoms with van der Waals surface area (Å²) in [6.07, 6.45) is 0. The molecular formula is C37H9Br14F3N4. The van der Waals surface area contributed by atoms with Crippen LogP contribution in [-0.4, -0.2) is 19.9 Å². The van der Waals surface area contributed by atoms with Crippen molar-refractivity contribution in [1.82, 2.24) is 19.9 Å². The van der Waals surface area contributed by atoms with Crippen molar-refractivity contribution in [3.63, 3.8) is 0 Å². The minimum absolute atomic E-state index is 0.446. The molecule has 0 spiro atoms. The Labute approximate surface area is 443 Å². The van der Waals surface area contributed by atoms with Gasteiger partial charge in [-0.2, -0.15) is 0 Å². The molecule has 8 bridgehead atoms. The van der Waals surface area contributed by atoms with E-state index >= 15 is 4.39 Å². The Morgan fingerprint density at radius 2 is 0.552 bits per heavy atom. The molecule has 0 aliphatic carbocycles. The van der Waals surface area contributed by atoms with E-state index in [1.807, 2.05) is 0 Å². The molecule has 4 nitrogen and oxygen atoms in total. The quantitative estimate of drug-likeness (QED) is 0.162. The average Bonchev–Trinajstić information content (AvgIpc) is 3.79. The fraction of sp³-hybridized carbons (Fsp3) is 0. The van der Waals surface area contributed by atoms with E-state index < -0.39 is 17.5 Å². The van der Waals surface area contributed by atoms with Gasteiger partial charge in [-0.05, 0) is 164 Å². The number of aromatic amines is 3. The molecule has 1 aliphatic rings. The number of nitrogens with zero attached hydrogens (tertiary/aromatic N) is 1. The van der Waals surface area contributed by atoms with Crippen molar-refractivity contribution in [3.05, 3.63) is 119 Å². The Kier molecular flexibility index (Phi) is 13.6. The van der Waals surface area contributed by atoms with Crippen LogP contribution in [0.1, 0.15) is 11.4 Å². The van der Waals surface area contributed by atoms with Gasteiger partial charge in [0.05, 0.1) is 74.6 Å². The van der Waals surface area contributed by atoms with Crippen LogP contribution in [-0.2, 0) is 0 Å². The number of hydrogen-bond donors (Lipinski definition) is 3. The van der Waals surface area contributed by atoms with Crippen LogP contribution < -0.4 is 0 Å². The first-order chi connectivity index (χ1) is 27.3. The molecule has 5 heterocycles. The van der Waals surface area contributed by atoms with E-state index in [1.165, 1.54) is 36.4 Å². The molecule has 3 aromatic carbocycles. The van der Waals surface area contributed by atoms with Gasteiger partial charge in [0.2, 0.25) is 0 Å². The third-order valence-electron chi connectivity index (χ3n) is 8.97. The third-order valence-corrected chi connectivity index (χ3v) is 21.2. The Bertz CT molecular complexity index is 3100. The van der Waals surface area contributed by atoms with E-state index in [2.05, 4.69) is 238 Å². The smallest absolute Gasteiger partial charge is 0.125 e. The van der Waals surface area contributed by atoms with Gasteiger partial charge in [0.15, 0.2) is 0 Å². The van der Waals surface area contributed by atoms with E-state index in [0.29, 0.717) is 141 Å². The molecular weight excluding hydrogens is 1680 g/mol. The summed E-state index contributed by atoms with van der Waals surface area (Å²) in [5.41, 5.74) is 8.08. The Morgan fingerprint density at radius 1 is 0.310 bits per heavy atom. The number of benzene rings is 3. The molecule has 58 heavy (non-hydrogen) atoms. The topological polar surface area (TPSA) is 60.3 Å². The number of halogens is 17. The van der Waals surface area contributed by atoms with E-state index in [4.69, 9.17) is 4.98 Å². The van der Waals surface area contributed by atoms with Crippen LogP contribution in [0.25, 0.3) is 75.4 Å². The SMILES string of the molecule is Fc1cc(Br)c(-c2c3nc(c4[nH]c(c(Br)c4Br)c(-c4c(Br)cc(F)cc4Br)c4[nH]c(c(Br)c4Br)c(-c4c(Br)cc(F)cc4Br)c4[nH]c2c(Br)c4Br)C(Br)=C3Br)c(Br)c1. The minimum atomic E-state index is -0.463. The fourth-order valence-corrected chi connectivity index (χ4v) is 15.1. The first-order valence-corrected chi connectivity index (χ1v) is 26.7. The molecule has 0 saturated heterocycles. The second-order valence-corrected chi connectivity index (χ2v) is 23.8. The van der Waals surface area contributed by atoms with Gasteiger partial charge in [-0.1, -0.05) is 95.6 Å². The van der Waals surface area contributed by atoms with Crippen LogP contribution in [0.3, 0.4) is 0 Å². The summed E-state index contributed by atoms with van der Waals surface area (Å²) in [7, 11) is 0. The van der Waals surface area contributed by atoms with Crippen LogP contribution in [0.5, 0.6) is 0 Å². The van der Waals surface area contributed by atoms with Gasteiger partial charge in [-0.3, -0.25) is 0 Å². The second-order valence-electron chi connectivity index (χ2n) is 12.3. The van der Waals surface area contributed by atoms with Crippen LogP contribution in [0.2, 0.25) is 0 Å². The van der Waals surface area contributed by atoms with Gasteiger partial charge in [0.25, 0.3) is 0 Å². The van der Waals surface area contributed by atoms with Crippen molar-refractivity contribution in [2.75, 3.05) is 0 Å². The lowest BCUT2D eigenvalue weighted by molar-refractivity contribution is 0.626. The highest BCUT2D eigenvalue weighted by molar-refractivity contribution is 9.18. The Hall–Kier alpha value is 0.900. The van der Waals surface area contributed by atoms with Crippen molar-refractivity contribution in [2.24, 2.45) is 0 Å². The highest BCUT2D eigenvalue weighted by Crippen LogP contribution is 2.54. The van der Waals surface area contributed by atoms with Crippen LogP contribution in [0, 0.1) is 17.5 Å². The molecule has 0 atom stereocenters. The lowest BCUT2D eigenvalue weighted by Gasteiger charge is -2.12. The fourth-order valence-electron chi connectivity index (χ4n) is 6.59. The van der Waals surface area contributed by atoms with Gasteiger partial charge in [0, 0.05) is 60.2 Å². The van der Waals surface area contributed by atoms with E-state index in [-0.39, 0.29) is 0 Å². The highest BCUT2D eigenvalue weighted by atomic mass is 79.9. The highest BCUT2D eigenvalue weighted by Gasteiger charge is 2.31. The summed E-state index contributed by atoms with van der Waals surface area (Å²) in [5, 5.41) is 0. The maximum Gasteiger partial charge on any atom is 0.125 e. The predicted molar refractivity (Wildman–Crippen MR) is 279 cm³/mol. The monoisotopic (exact) mass is 1670 g/mol. The summed E-state index contributed by atoms with van der Waals surface area (Å²) in [6, 6.07) is 8.32. The zero-order valence-electron chi connectivity index (χ0n) is 27.3. The zero-order chi connectivity index (χ0) is 42.0. The molecule has 3 N–H and O–H groups in total. The van der Waals surface area contributed by atoms with E-state index in [1.54, 1.807) is 0 Å². The molecule has 21 heteroatoms. The van der Waals surface area contributed by atoms with Crippen LogP contribution in [0.15, 0.2) is 90.1 Å².